The number of aliphatic imine (C=N–C) groups is 1. The summed E-state index contributed by atoms with van der Waals surface area (Å²) in [4.78, 5) is 31.6. The molecule has 1 saturated heterocycles. The topological polar surface area (TPSA) is 97.7 Å². The summed E-state index contributed by atoms with van der Waals surface area (Å²) in [7, 11) is 3.11. The van der Waals surface area contributed by atoms with Gasteiger partial charge in [-0.3, -0.25) is 9.69 Å². The Morgan fingerprint density at radius 1 is 1.10 bits per heavy atom. The minimum atomic E-state index is -1.02. The lowest BCUT2D eigenvalue weighted by atomic mass is 10.1. The van der Waals surface area contributed by atoms with E-state index in [1.54, 1.807) is 66.6 Å². The Hall–Kier alpha value is -4.20. The van der Waals surface area contributed by atoms with Gasteiger partial charge in [0.05, 0.1) is 36.9 Å². The van der Waals surface area contributed by atoms with Gasteiger partial charge in [0.25, 0.3) is 5.91 Å². The number of benzene rings is 3. The third-order valence-electron chi connectivity index (χ3n) is 5.61. The van der Waals surface area contributed by atoms with Crippen molar-refractivity contribution in [3.63, 3.8) is 0 Å². The zero-order valence-electron chi connectivity index (χ0n) is 21.0. The van der Waals surface area contributed by atoms with E-state index in [1.165, 1.54) is 31.0 Å². The van der Waals surface area contributed by atoms with Gasteiger partial charge in [0.1, 0.15) is 12.4 Å². The summed E-state index contributed by atoms with van der Waals surface area (Å²) in [5.41, 5.74) is 2.28. The third-order valence-corrected chi connectivity index (χ3v) is 7.30. The normalized spacial score (nSPS) is 14.9. The van der Waals surface area contributed by atoms with E-state index in [4.69, 9.17) is 25.6 Å². The number of nitrogens with zero attached hydrogens (tertiary/aromatic N) is 2. The Labute approximate surface area is 238 Å². The van der Waals surface area contributed by atoms with E-state index >= 15 is 0 Å². The first-order valence-corrected chi connectivity index (χ1v) is 13.1. The van der Waals surface area contributed by atoms with Gasteiger partial charge in [-0.1, -0.05) is 34.0 Å². The second-order valence-electron chi connectivity index (χ2n) is 8.11. The second-order valence-corrected chi connectivity index (χ2v) is 9.98. The number of amidine groups is 1. The van der Waals surface area contributed by atoms with Crippen molar-refractivity contribution < 1.29 is 28.9 Å². The van der Waals surface area contributed by atoms with Gasteiger partial charge in [0.15, 0.2) is 16.7 Å². The molecule has 0 radical (unpaired) electrons. The third kappa shape index (κ3) is 6.63. The standard InChI is InChI=1S/C29H23BrN2O6S/c1-4-13-38-25-16-23(30)20(14-24(25)37-3)15-26-27(33)32(17-18-5-7-19(8-6-18)28(34)35)29(39-26)31-21-9-11-22(36-2)12-10-21/h1,5-12,14-16H,13,17H2,2-3H3,(H,34,35)/b26-15-,31-29?. The molecule has 198 valence electrons. The van der Waals surface area contributed by atoms with Crippen molar-refractivity contribution in [1.82, 2.24) is 4.90 Å². The molecule has 10 heteroatoms. The zero-order valence-corrected chi connectivity index (χ0v) is 23.4. The number of carboxylic acid groups (broad SMARTS) is 1. The lowest BCUT2D eigenvalue weighted by Crippen LogP contribution is -2.28. The van der Waals surface area contributed by atoms with E-state index in [0.717, 1.165) is 5.56 Å². The fourth-order valence-electron chi connectivity index (χ4n) is 3.63. The SMILES string of the molecule is C#CCOc1cc(Br)c(/C=C2\SC(=Nc3ccc(OC)cc3)N(Cc3ccc(C(=O)O)cc3)C2=O)cc1OC. The van der Waals surface area contributed by atoms with E-state index in [-0.39, 0.29) is 24.6 Å². The molecule has 4 rings (SSSR count). The number of hydrogen-bond donors (Lipinski definition) is 1. The van der Waals surface area contributed by atoms with Crippen molar-refractivity contribution in [3.8, 4) is 29.6 Å². The van der Waals surface area contributed by atoms with Crippen LogP contribution in [0, 0.1) is 12.3 Å². The summed E-state index contributed by atoms with van der Waals surface area (Å²) in [5.74, 6) is 2.80. The summed E-state index contributed by atoms with van der Waals surface area (Å²) in [6.07, 6.45) is 7.06. The molecule has 3 aromatic carbocycles. The lowest BCUT2D eigenvalue weighted by molar-refractivity contribution is -0.122. The molecule has 0 bridgehead atoms. The molecular weight excluding hydrogens is 584 g/mol. The average molecular weight is 607 g/mol. The molecule has 0 spiro atoms. The van der Waals surface area contributed by atoms with E-state index in [2.05, 4.69) is 21.9 Å². The second kappa shape index (κ2) is 12.6. The summed E-state index contributed by atoms with van der Waals surface area (Å²) in [6.45, 7) is 0.298. The van der Waals surface area contributed by atoms with Crippen LogP contribution in [0.25, 0.3) is 6.08 Å². The van der Waals surface area contributed by atoms with Crippen LogP contribution < -0.4 is 14.2 Å². The van der Waals surface area contributed by atoms with Gasteiger partial charge in [0.2, 0.25) is 0 Å². The smallest absolute Gasteiger partial charge is 0.335 e. The number of halogens is 1. The maximum Gasteiger partial charge on any atom is 0.335 e. The number of carbonyl (C=O) groups is 2. The molecule has 1 aliphatic heterocycles. The molecule has 1 amide bonds. The number of methoxy groups -OCH3 is 2. The van der Waals surface area contributed by atoms with Gasteiger partial charge in [0, 0.05) is 4.47 Å². The van der Waals surface area contributed by atoms with E-state index in [9.17, 15) is 14.7 Å². The maximum absolute atomic E-state index is 13.6. The monoisotopic (exact) mass is 606 g/mol. The lowest BCUT2D eigenvalue weighted by Gasteiger charge is -2.16. The fraction of sp³-hybridized carbons (Fsp3) is 0.138. The molecular formula is C29H23BrN2O6S. The molecule has 3 aromatic rings. The quantitative estimate of drug-likeness (QED) is 0.236. The first kappa shape index (κ1) is 27.8. The minimum Gasteiger partial charge on any atom is -0.497 e. The van der Waals surface area contributed by atoms with Crippen molar-refractivity contribution in [2.24, 2.45) is 4.99 Å². The van der Waals surface area contributed by atoms with Crippen LogP contribution in [-0.4, -0.2) is 47.9 Å². The first-order valence-electron chi connectivity index (χ1n) is 11.5. The first-order chi connectivity index (χ1) is 18.8. The molecule has 0 aliphatic carbocycles. The highest BCUT2D eigenvalue weighted by atomic mass is 79.9. The van der Waals surface area contributed by atoms with E-state index in [1.807, 2.05) is 0 Å². The molecule has 1 N–H and O–H groups in total. The molecule has 0 aromatic heterocycles. The number of carbonyl (C=O) groups excluding carboxylic acids is 1. The predicted molar refractivity (Wildman–Crippen MR) is 155 cm³/mol. The highest BCUT2D eigenvalue weighted by Gasteiger charge is 2.34. The van der Waals surface area contributed by atoms with Crippen LogP contribution in [0.4, 0.5) is 5.69 Å². The number of carboxylic acids is 1. The summed E-state index contributed by atoms with van der Waals surface area (Å²) in [6, 6.07) is 17.1. The zero-order chi connectivity index (χ0) is 27.9. The number of aromatic carboxylic acids is 1. The maximum atomic E-state index is 13.6. The van der Waals surface area contributed by atoms with Gasteiger partial charge in [-0.2, -0.15) is 0 Å². The Kier molecular flexibility index (Phi) is 8.96. The van der Waals surface area contributed by atoms with Gasteiger partial charge >= 0.3 is 5.97 Å². The average Bonchev–Trinajstić information content (AvgIpc) is 3.22. The minimum absolute atomic E-state index is 0.0885. The molecule has 39 heavy (non-hydrogen) atoms. The van der Waals surface area contributed by atoms with Gasteiger partial charge in [-0.05, 0) is 77.5 Å². The van der Waals surface area contributed by atoms with E-state index in [0.29, 0.717) is 43.0 Å². The Morgan fingerprint density at radius 3 is 2.44 bits per heavy atom. The van der Waals surface area contributed by atoms with Crippen LogP contribution >= 0.6 is 27.7 Å². The molecule has 1 fully saturated rings. The Balaban J connectivity index is 1.70. The van der Waals surface area contributed by atoms with Crippen LogP contribution in [0.2, 0.25) is 0 Å². The molecule has 1 heterocycles. The highest BCUT2D eigenvalue weighted by molar-refractivity contribution is 9.10. The van der Waals surface area contributed by atoms with Crippen molar-refractivity contribution in [2.45, 2.75) is 6.54 Å². The largest absolute Gasteiger partial charge is 0.497 e. The Bertz CT molecular complexity index is 1490. The molecule has 0 saturated carbocycles. The van der Waals surface area contributed by atoms with Crippen molar-refractivity contribution in [1.29, 1.82) is 0 Å². The number of hydrogen-bond acceptors (Lipinski definition) is 7. The predicted octanol–water partition coefficient (Wildman–Crippen LogP) is 5.98. The van der Waals surface area contributed by atoms with E-state index < -0.39 is 5.97 Å². The van der Waals surface area contributed by atoms with Crippen LogP contribution in [0.15, 0.2) is 75.0 Å². The summed E-state index contributed by atoms with van der Waals surface area (Å²) >= 11 is 4.78. The number of ether oxygens (including phenoxy) is 3. The van der Waals surface area contributed by atoms with Crippen molar-refractivity contribution >= 4 is 56.5 Å². The number of thioether (sulfide) groups is 1. The number of terminal acetylenes is 1. The van der Waals surface area contributed by atoms with Gasteiger partial charge in [-0.25, -0.2) is 9.79 Å². The molecule has 0 unspecified atom stereocenters. The van der Waals surface area contributed by atoms with Crippen LogP contribution in [0.5, 0.6) is 17.2 Å². The number of amides is 1. The van der Waals surface area contributed by atoms with Crippen LogP contribution in [-0.2, 0) is 11.3 Å². The van der Waals surface area contributed by atoms with Crippen LogP contribution in [0.1, 0.15) is 21.5 Å². The molecule has 8 nitrogen and oxygen atoms in total. The fourth-order valence-corrected chi connectivity index (χ4v) is 5.05. The highest BCUT2D eigenvalue weighted by Crippen LogP contribution is 2.39. The molecule has 0 atom stereocenters. The number of rotatable bonds is 9. The Morgan fingerprint density at radius 2 is 1.82 bits per heavy atom. The molecule has 1 aliphatic rings. The van der Waals surface area contributed by atoms with Gasteiger partial charge in [-0.15, -0.1) is 6.42 Å². The summed E-state index contributed by atoms with van der Waals surface area (Å²) < 4.78 is 16.9. The van der Waals surface area contributed by atoms with Crippen molar-refractivity contribution in [2.75, 3.05) is 20.8 Å². The van der Waals surface area contributed by atoms with Crippen molar-refractivity contribution in [3.05, 3.63) is 86.7 Å². The summed E-state index contributed by atoms with van der Waals surface area (Å²) in [5, 5.41) is 9.69. The van der Waals surface area contributed by atoms with Gasteiger partial charge < -0.3 is 19.3 Å². The van der Waals surface area contributed by atoms with Crippen LogP contribution in [0.3, 0.4) is 0 Å².